The Bertz CT molecular complexity index is 204. The van der Waals surface area contributed by atoms with Gasteiger partial charge in [0.05, 0.1) is 6.07 Å². The van der Waals surface area contributed by atoms with Crippen LogP contribution in [-0.2, 0) is 4.79 Å². The Hall–Kier alpha value is -0.840. The molecule has 2 nitrogen and oxygen atoms in total. The summed E-state index contributed by atoms with van der Waals surface area (Å²) >= 11 is 0. The molecule has 1 fully saturated rings. The molecule has 0 spiro atoms. The summed E-state index contributed by atoms with van der Waals surface area (Å²) in [6.45, 7) is 1.76. The number of ketones is 1. The van der Waals surface area contributed by atoms with Crippen LogP contribution in [0, 0.1) is 16.7 Å². The maximum atomic E-state index is 11.3. The third-order valence-electron chi connectivity index (χ3n) is 2.44. The minimum Gasteiger partial charge on any atom is -0.298 e. The van der Waals surface area contributed by atoms with Gasteiger partial charge in [0.1, 0.15) is 5.41 Å². The maximum Gasteiger partial charge on any atom is 0.152 e. The van der Waals surface area contributed by atoms with Crippen LogP contribution in [0.1, 0.15) is 39.0 Å². The van der Waals surface area contributed by atoms with Crippen LogP contribution in [0.25, 0.3) is 0 Å². The van der Waals surface area contributed by atoms with Crippen LogP contribution in [0.15, 0.2) is 0 Å². The van der Waals surface area contributed by atoms with E-state index in [0.29, 0.717) is 6.42 Å². The van der Waals surface area contributed by atoms with Crippen LogP contribution in [-0.4, -0.2) is 5.78 Å². The summed E-state index contributed by atoms with van der Waals surface area (Å²) in [6.07, 6.45) is 4.45. The third kappa shape index (κ3) is 1.59. The average molecular weight is 151 g/mol. The van der Waals surface area contributed by atoms with Crippen molar-refractivity contribution in [3.8, 4) is 6.07 Å². The van der Waals surface area contributed by atoms with Gasteiger partial charge in [-0.25, -0.2) is 0 Å². The van der Waals surface area contributed by atoms with Gasteiger partial charge >= 0.3 is 0 Å². The molecule has 0 aliphatic heterocycles. The molecule has 0 unspecified atom stereocenters. The van der Waals surface area contributed by atoms with Gasteiger partial charge in [-0.05, 0) is 19.8 Å². The second-order valence-electron chi connectivity index (χ2n) is 3.43. The molecule has 2 heteroatoms. The van der Waals surface area contributed by atoms with Gasteiger partial charge < -0.3 is 0 Å². The predicted octanol–water partition coefficient (Wildman–Crippen LogP) is 2.05. The van der Waals surface area contributed by atoms with Crippen molar-refractivity contribution in [1.82, 2.24) is 0 Å². The summed E-state index contributed by atoms with van der Waals surface area (Å²) in [5.41, 5.74) is -0.670. The highest BCUT2D eigenvalue weighted by molar-refractivity contribution is 5.87. The van der Waals surface area contributed by atoms with Crippen LogP contribution in [0.4, 0.5) is 0 Å². The Morgan fingerprint density at radius 1 is 1.45 bits per heavy atom. The lowest BCUT2D eigenvalue weighted by Gasteiger charge is -2.15. The van der Waals surface area contributed by atoms with E-state index in [2.05, 4.69) is 6.07 Å². The topological polar surface area (TPSA) is 40.9 Å². The molecule has 0 N–H and O–H groups in total. The van der Waals surface area contributed by atoms with E-state index in [1.807, 2.05) is 0 Å². The molecule has 1 aliphatic rings. The second kappa shape index (κ2) is 3.04. The molecule has 0 heterocycles. The largest absolute Gasteiger partial charge is 0.298 e. The van der Waals surface area contributed by atoms with Crippen molar-refractivity contribution in [3.63, 3.8) is 0 Å². The first-order valence-electron chi connectivity index (χ1n) is 4.13. The average Bonchev–Trinajstić information content (AvgIpc) is 2.16. The van der Waals surface area contributed by atoms with E-state index >= 15 is 0 Å². The molecule has 60 valence electrons. The molecule has 0 saturated heterocycles. The van der Waals surface area contributed by atoms with E-state index in [1.54, 1.807) is 6.92 Å². The van der Waals surface area contributed by atoms with Crippen molar-refractivity contribution in [1.29, 1.82) is 5.26 Å². The smallest absolute Gasteiger partial charge is 0.152 e. The molecule has 0 aromatic carbocycles. The van der Waals surface area contributed by atoms with Crippen LogP contribution in [0.3, 0.4) is 0 Å². The van der Waals surface area contributed by atoms with Crippen molar-refractivity contribution in [2.45, 2.75) is 39.0 Å². The van der Waals surface area contributed by atoms with Gasteiger partial charge in [0.15, 0.2) is 5.78 Å². The number of hydrogen-bond acceptors (Lipinski definition) is 2. The Morgan fingerprint density at radius 2 is 2.18 bits per heavy atom. The number of carbonyl (C=O) groups excluding carboxylic acids is 1. The Labute approximate surface area is 67.2 Å². The zero-order chi connectivity index (χ0) is 8.32. The zero-order valence-electron chi connectivity index (χ0n) is 6.89. The molecule has 0 amide bonds. The van der Waals surface area contributed by atoms with Gasteiger partial charge in [-0.15, -0.1) is 0 Å². The summed E-state index contributed by atoms with van der Waals surface area (Å²) in [5, 5.41) is 8.77. The Kier molecular flexibility index (Phi) is 2.28. The zero-order valence-corrected chi connectivity index (χ0v) is 6.89. The fourth-order valence-corrected chi connectivity index (χ4v) is 1.47. The fraction of sp³-hybridized carbons (Fsp3) is 0.778. The van der Waals surface area contributed by atoms with Crippen molar-refractivity contribution >= 4 is 5.78 Å². The lowest BCUT2D eigenvalue weighted by atomic mass is 9.83. The van der Waals surface area contributed by atoms with Gasteiger partial charge in [-0.1, -0.05) is 12.8 Å². The lowest BCUT2D eigenvalue weighted by Crippen LogP contribution is -2.24. The Balaban J connectivity index is 2.76. The number of carbonyl (C=O) groups is 1. The van der Waals surface area contributed by atoms with Crippen molar-refractivity contribution in [2.75, 3.05) is 0 Å². The first kappa shape index (κ1) is 8.26. The van der Waals surface area contributed by atoms with Gasteiger partial charge in [0.2, 0.25) is 0 Å². The van der Waals surface area contributed by atoms with Gasteiger partial charge in [-0.3, -0.25) is 4.79 Å². The number of rotatable bonds is 0. The van der Waals surface area contributed by atoms with Gasteiger partial charge in [-0.2, -0.15) is 5.26 Å². The molecule has 0 aromatic heterocycles. The minimum absolute atomic E-state index is 0.137. The van der Waals surface area contributed by atoms with E-state index < -0.39 is 5.41 Å². The summed E-state index contributed by atoms with van der Waals surface area (Å²) in [7, 11) is 0. The highest BCUT2D eigenvalue weighted by Gasteiger charge is 2.33. The molecule has 0 bridgehead atoms. The first-order valence-corrected chi connectivity index (χ1v) is 4.13. The molecule has 1 aliphatic carbocycles. The van der Waals surface area contributed by atoms with Crippen LogP contribution >= 0.6 is 0 Å². The predicted molar refractivity (Wildman–Crippen MR) is 41.8 cm³/mol. The summed E-state index contributed by atoms with van der Waals surface area (Å²) in [4.78, 5) is 11.3. The first-order chi connectivity index (χ1) is 5.19. The van der Waals surface area contributed by atoms with Gasteiger partial charge in [0.25, 0.3) is 0 Å². The standard InChI is InChI=1S/C9H13NO/c1-9(7-10)6-4-2-3-5-8(9)11/h2-6H2,1H3/t9-/m1/s1. The van der Waals surface area contributed by atoms with Crippen LogP contribution in [0.5, 0.6) is 0 Å². The second-order valence-corrected chi connectivity index (χ2v) is 3.43. The molecule has 0 radical (unpaired) electrons. The highest BCUT2D eigenvalue weighted by atomic mass is 16.1. The number of nitriles is 1. The van der Waals surface area contributed by atoms with E-state index in [0.717, 1.165) is 25.7 Å². The highest BCUT2D eigenvalue weighted by Crippen LogP contribution is 2.30. The summed E-state index contributed by atoms with van der Waals surface area (Å²) < 4.78 is 0. The lowest BCUT2D eigenvalue weighted by molar-refractivity contribution is -0.125. The normalized spacial score (nSPS) is 32.5. The van der Waals surface area contributed by atoms with Crippen molar-refractivity contribution in [2.24, 2.45) is 5.41 Å². The molecular weight excluding hydrogens is 138 g/mol. The molecule has 0 aromatic rings. The fourth-order valence-electron chi connectivity index (χ4n) is 1.47. The molecular formula is C9H13NO. The Morgan fingerprint density at radius 3 is 2.82 bits per heavy atom. The molecule has 11 heavy (non-hydrogen) atoms. The third-order valence-corrected chi connectivity index (χ3v) is 2.44. The van der Waals surface area contributed by atoms with Gasteiger partial charge in [0, 0.05) is 6.42 Å². The van der Waals surface area contributed by atoms with E-state index in [9.17, 15) is 4.79 Å². The maximum absolute atomic E-state index is 11.3. The SMILES string of the molecule is C[C@]1(C#N)CCCCCC1=O. The van der Waals surface area contributed by atoms with Crippen LogP contribution in [0.2, 0.25) is 0 Å². The summed E-state index contributed by atoms with van der Waals surface area (Å²) in [6, 6.07) is 2.12. The monoisotopic (exact) mass is 151 g/mol. The summed E-state index contributed by atoms with van der Waals surface area (Å²) in [5.74, 6) is 0.137. The number of Topliss-reactive ketones (excluding diaryl/α,β-unsaturated/α-hetero) is 1. The van der Waals surface area contributed by atoms with E-state index in [-0.39, 0.29) is 5.78 Å². The quantitative estimate of drug-likeness (QED) is 0.497. The van der Waals surface area contributed by atoms with Crippen molar-refractivity contribution < 1.29 is 4.79 Å². The molecule has 1 rings (SSSR count). The van der Waals surface area contributed by atoms with Crippen molar-refractivity contribution in [3.05, 3.63) is 0 Å². The molecule has 1 saturated carbocycles. The number of nitrogens with zero attached hydrogens (tertiary/aromatic N) is 1. The van der Waals surface area contributed by atoms with Crippen LogP contribution < -0.4 is 0 Å². The molecule has 1 atom stereocenters. The van der Waals surface area contributed by atoms with E-state index in [1.165, 1.54) is 0 Å². The minimum atomic E-state index is -0.670. The number of hydrogen-bond donors (Lipinski definition) is 0. The van der Waals surface area contributed by atoms with E-state index in [4.69, 9.17) is 5.26 Å².